The Hall–Kier alpha value is -2.32. The zero-order valence-electron chi connectivity index (χ0n) is 10.8. The summed E-state index contributed by atoms with van der Waals surface area (Å²) in [5.41, 5.74) is 0.307. The minimum absolute atomic E-state index is 0.0680. The first-order valence-corrected chi connectivity index (χ1v) is 7.43. The second kappa shape index (κ2) is 5.98. The Kier molecular flexibility index (Phi) is 4.29. The van der Waals surface area contributed by atoms with Crippen LogP contribution in [0, 0.1) is 5.82 Å². The summed E-state index contributed by atoms with van der Waals surface area (Å²) in [6, 6.07) is 7.91. The van der Waals surface area contributed by atoms with Gasteiger partial charge in [0.05, 0.1) is 12.1 Å². The normalized spacial score (nSPS) is 11.1. The summed E-state index contributed by atoms with van der Waals surface area (Å²) >= 11 is 0. The van der Waals surface area contributed by atoms with Crippen LogP contribution in [0.25, 0.3) is 0 Å². The first-order valence-electron chi connectivity index (χ1n) is 5.88. The van der Waals surface area contributed by atoms with E-state index in [1.54, 1.807) is 18.2 Å². The van der Waals surface area contributed by atoms with E-state index in [0.717, 1.165) is 18.2 Å². The predicted octanol–water partition coefficient (Wildman–Crippen LogP) is 1.05. The van der Waals surface area contributed by atoms with Crippen molar-refractivity contribution in [2.75, 3.05) is 5.32 Å². The Morgan fingerprint density at radius 1 is 1.29 bits per heavy atom. The van der Waals surface area contributed by atoms with Crippen LogP contribution in [0.15, 0.2) is 47.5 Å². The molecule has 0 saturated carbocycles. The quantitative estimate of drug-likeness (QED) is 0.881. The lowest BCUT2D eigenvalue weighted by Gasteiger charge is -2.09. The summed E-state index contributed by atoms with van der Waals surface area (Å²) < 4.78 is 36.0. The Morgan fingerprint density at radius 3 is 2.67 bits per heavy atom. The topological polar surface area (TPSA) is 102 Å². The minimum atomic E-state index is -4.07. The molecule has 0 spiro atoms. The van der Waals surface area contributed by atoms with Gasteiger partial charge < -0.3 is 5.32 Å². The van der Waals surface area contributed by atoms with Gasteiger partial charge in [0.15, 0.2) is 0 Å². The minimum Gasteiger partial charge on any atom is -0.324 e. The van der Waals surface area contributed by atoms with Crippen molar-refractivity contribution in [1.29, 1.82) is 0 Å². The van der Waals surface area contributed by atoms with E-state index < -0.39 is 21.7 Å². The number of anilines is 1. The molecule has 2 aromatic rings. The Morgan fingerprint density at radius 2 is 2.05 bits per heavy atom. The molecule has 21 heavy (non-hydrogen) atoms. The Labute approximate surface area is 120 Å². The molecule has 0 saturated heterocycles. The third kappa shape index (κ3) is 4.07. The third-order valence-electron chi connectivity index (χ3n) is 2.59. The van der Waals surface area contributed by atoms with E-state index in [4.69, 9.17) is 5.14 Å². The van der Waals surface area contributed by atoms with E-state index in [1.807, 2.05) is 0 Å². The fraction of sp³-hybridized carbons (Fsp3) is 0.0769. The molecule has 1 amide bonds. The number of sulfonamides is 1. The number of primary sulfonamides is 1. The van der Waals surface area contributed by atoms with Gasteiger partial charge in [0.2, 0.25) is 15.9 Å². The highest BCUT2D eigenvalue weighted by molar-refractivity contribution is 7.89. The molecule has 0 atom stereocenters. The van der Waals surface area contributed by atoms with E-state index in [9.17, 15) is 17.6 Å². The maximum atomic E-state index is 13.2. The number of amides is 1. The molecule has 0 bridgehead atoms. The average Bonchev–Trinajstić information content (AvgIpc) is 2.38. The molecule has 3 N–H and O–H groups in total. The van der Waals surface area contributed by atoms with Gasteiger partial charge >= 0.3 is 0 Å². The van der Waals surface area contributed by atoms with Gasteiger partial charge in [-0.15, -0.1) is 0 Å². The zero-order chi connectivity index (χ0) is 15.5. The van der Waals surface area contributed by atoms with Crippen molar-refractivity contribution in [3.05, 3.63) is 54.1 Å². The molecule has 0 unspecified atom stereocenters. The molecule has 0 aliphatic heterocycles. The lowest BCUT2D eigenvalue weighted by molar-refractivity contribution is -0.115. The number of nitrogens with one attached hydrogen (secondary N) is 1. The molecular weight excluding hydrogens is 297 g/mol. The van der Waals surface area contributed by atoms with Crippen molar-refractivity contribution in [2.24, 2.45) is 5.14 Å². The summed E-state index contributed by atoms with van der Waals surface area (Å²) in [6.07, 6.45) is 1.46. The fourth-order valence-corrected chi connectivity index (χ4v) is 2.38. The van der Waals surface area contributed by atoms with Crippen LogP contribution < -0.4 is 10.5 Å². The molecule has 1 aromatic heterocycles. The van der Waals surface area contributed by atoms with Crippen molar-refractivity contribution in [2.45, 2.75) is 11.3 Å². The number of hydrogen-bond acceptors (Lipinski definition) is 4. The van der Waals surface area contributed by atoms with Gasteiger partial charge in [-0.3, -0.25) is 9.78 Å². The fourth-order valence-electron chi connectivity index (χ4n) is 1.71. The SMILES string of the molecule is NS(=O)(=O)c1ccc(F)cc1NC(=O)Cc1ccccn1. The number of carbonyl (C=O) groups is 1. The lowest BCUT2D eigenvalue weighted by Crippen LogP contribution is -2.20. The predicted molar refractivity (Wildman–Crippen MR) is 74.3 cm³/mol. The first-order chi connectivity index (χ1) is 9.86. The van der Waals surface area contributed by atoms with Crippen LogP contribution >= 0.6 is 0 Å². The van der Waals surface area contributed by atoms with Crippen LogP contribution in [0.4, 0.5) is 10.1 Å². The van der Waals surface area contributed by atoms with E-state index in [2.05, 4.69) is 10.3 Å². The Balaban J connectivity index is 2.23. The number of pyridine rings is 1. The van der Waals surface area contributed by atoms with Gasteiger partial charge in [0.1, 0.15) is 10.7 Å². The van der Waals surface area contributed by atoms with Crippen LogP contribution in [0.1, 0.15) is 5.69 Å². The number of hydrogen-bond donors (Lipinski definition) is 2. The monoisotopic (exact) mass is 309 g/mol. The molecule has 0 aliphatic carbocycles. The molecule has 0 fully saturated rings. The summed E-state index contributed by atoms with van der Waals surface area (Å²) in [4.78, 5) is 15.5. The summed E-state index contributed by atoms with van der Waals surface area (Å²) in [5.74, 6) is -1.21. The summed E-state index contributed by atoms with van der Waals surface area (Å²) in [5, 5.41) is 7.35. The second-order valence-electron chi connectivity index (χ2n) is 4.23. The van der Waals surface area contributed by atoms with Crippen LogP contribution in [-0.2, 0) is 21.2 Å². The van der Waals surface area contributed by atoms with E-state index in [-0.39, 0.29) is 17.0 Å². The molecule has 110 valence electrons. The second-order valence-corrected chi connectivity index (χ2v) is 5.76. The maximum absolute atomic E-state index is 13.2. The number of halogens is 1. The van der Waals surface area contributed by atoms with Gasteiger partial charge in [0.25, 0.3) is 0 Å². The molecule has 8 heteroatoms. The third-order valence-corrected chi connectivity index (χ3v) is 3.56. The maximum Gasteiger partial charge on any atom is 0.240 e. The summed E-state index contributed by atoms with van der Waals surface area (Å²) in [6.45, 7) is 0. The Bertz CT molecular complexity index is 763. The molecule has 1 heterocycles. The molecule has 6 nitrogen and oxygen atoms in total. The molecule has 2 rings (SSSR count). The van der Waals surface area contributed by atoms with Gasteiger partial charge in [-0.25, -0.2) is 17.9 Å². The summed E-state index contributed by atoms with van der Waals surface area (Å²) in [7, 11) is -4.07. The number of nitrogens with two attached hydrogens (primary N) is 1. The highest BCUT2D eigenvalue weighted by atomic mass is 32.2. The van der Waals surface area contributed by atoms with Gasteiger partial charge in [-0.2, -0.15) is 0 Å². The molecule has 0 aliphatic rings. The number of carbonyl (C=O) groups excluding carboxylic acids is 1. The van der Waals surface area contributed by atoms with Crippen LogP contribution in [-0.4, -0.2) is 19.3 Å². The van der Waals surface area contributed by atoms with E-state index in [1.165, 1.54) is 6.20 Å². The number of rotatable bonds is 4. The highest BCUT2D eigenvalue weighted by Gasteiger charge is 2.17. The molecule has 0 radical (unpaired) electrons. The van der Waals surface area contributed by atoms with Crippen molar-refractivity contribution >= 4 is 21.6 Å². The van der Waals surface area contributed by atoms with Crippen LogP contribution in [0.5, 0.6) is 0 Å². The largest absolute Gasteiger partial charge is 0.324 e. The highest BCUT2D eigenvalue weighted by Crippen LogP contribution is 2.21. The molecule has 1 aromatic carbocycles. The first kappa shape index (κ1) is 15.1. The molecular formula is C13H12FN3O3S. The van der Waals surface area contributed by atoms with Crippen molar-refractivity contribution in [1.82, 2.24) is 4.98 Å². The van der Waals surface area contributed by atoms with Crippen LogP contribution in [0.2, 0.25) is 0 Å². The van der Waals surface area contributed by atoms with Crippen molar-refractivity contribution in [3.63, 3.8) is 0 Å². The zero-order valence-corrected chi connectivity index (χ0v) is 11.6. The lowest BCUT2D eigenvalue weighted by atomic mass is 10.2. The van der Waals surface area contributed by atoms with Gasteiger partial charge in [0, 0.05) is 11.9 Å². The van der Waals surface area contributed by atoms with Crippen LogP contribution in [0.3, 0.4) is 0 Å². The van der Waals surface area contributed by atoms with Gasteiger partial charge in [-0.05, 0) is 30.3 Å². The smallest absolute Gasteiger partial charge is 0.240 e. The average molecular weight is 309 g/mol. The standard InChI is InChI=1S/C13H12FN3O3S/c14-9-4-5-12(21(15,19)20)11(7-9)17-13(18)8-10-3-1-2-6-16-10/h1-7H,8H2,(H,17,18)(H2,15,19,20). The van der Waals surface area contributed by atoms with E-state index >= 15 is 0 Å². The van der Waals surface area contributed by atoms with Crippen molar-refractivity contribution in [3.8, 4) is 0 Å². The number of benzene rings is 1. The number of aromatic nitrogens is 1. The van der Waals surface area contributed by atoms with Gasteiger partial charge in [-0.1, -0.05) is 6.07 Å². The van der Waals surface area contributed by atoms with Crippen molar-refractivity contribution < 1.29 is 17.6 Å². The number of nitrogens with zero attached hydrogens (tertiary/aromatic N) is 1. The van der Waals surface area contributed by atoms with E-state index in [0.29, 0.717) is 5.69 Å².